The van der Waals surface area contributed by atoms with E-state index in [1.165, 1.54) is 31.2 Å². The molecule has 0 saturated heterocycles. The Labute approximate surface area is 129 Å². The molecule has 0 aliphatic rings. The first-order valence-corrected chi connectivity index (χ1v) is 8.03. The van der Waals surface area contributed by atoms with Crippen LogP contribution in [0.15, 0.2) is 24.3 Å². The maximum atomic E-state index is 5.69. The van der Waals surface area contributed by atoms with E-state index in [1.54, 1.807) is 7.11 Å². The van der Waals surface area contributed by atoms with E-state index in [0.29, 0.717) is 6.61 Å². The van der Waals surface area contributed by atoms with Gasteiger partial charge in [0.1, 0.15) is 5.75 Å². The highest BCUT2D eigenvalue weighted by atomic mass is 16.5. The van der Waals surface area contributed by atoms with Crippen LogP contribution in [0.5, 0.6) is 5.75 Å². The number of hydrogen-bond donors (Lipinski definition) is 0. The van der Waals surface area contributed by atoms with E-state index in [0.717, 1.165) is 31.6 Å². The van der Waals surface area contributed by atoms with Crippen LogP contribution < -0.4 is 4.74 Å². The van der Waals surface area contributed by atoms with Gasteiger partial charge in [-0.05, 0) is 30.5 Å². The molecule has 0 N–H and O–H groups in total. The third-order valence-electron chi connectivity index (χ3n) is 3.32. The molecule has 0 amide bonds. The summed E-state index contributed by atoms with van der Waals surface area (Å²) in [5.74, 6) is 7.19. The molecule has 0 bridgehead atoms. The minimum atomic E-state index is 0.691. The zero-order valence-electron chi connectivity index (χ0n) is 13.5. The van der Waals surface area contributed by atoms with Crippen molar-refractivity contribution in [2.24, 2.45) is 0 Å². The molecule has 0 radical (unpaired) electrons. The summed E-state index contributed by atoms with van der Waals surface area (Å²) in [7, 11) is 1.68. The van der Waals surface area contributed by atoms with Crippen molar-refractivity contribution < 1.29 is 9.47 Å². The lowest BCUT2D eigenvalue weighted by atomic mass is 10.1. The lowest BCUT2D eigenvalue weighted by Crippen LogP contribution is -1.95. The molecule has 0 atom stereocenters. The van der Waals surface area contributed by atoms with Crippen molar-refractivity contribution in [2.75, 3.05) is 13.7 Å². The molecule has 0 spiro atoms. The molecule has 2 heteroatoms. The Balaban J connectivity index is 1.92. The quantitative estimate of drug-likeness (QED) is 0.447. The number of rotatable bonds is 10. The van der Waals surface area contributed by atoms with Crippen LogP contribution in [0, 0.1) is 11.8 Å². The van der Waals surface area contributed by atoms with Gasteiger partial charge >= 0.3 is 0 Å². The largest absolute Gasteiger partial charge is 0.497 e. The zero-order chi connectivity index (χ0) is 15.2. The lowest BCUT2D eigenvalue weighted by molar-refractivity contribution is 0.116. The highest BCUT2D eigenvalue weighted by Crippen LogP contribution is 2.12. The van der Waals surface area contributed by atoms with E-state index in [1.807, 2.05) is 12.1 Å². The van der Waals surface area contributed by atoms with E-state index in [-0.39, 0.29) is 0 Å². The Morgan fingerprint density at radius 1 is 0.905 bits per heavy atom. The van der Waals surface area contributed by atoms with Crippen LogP contribution in [0.2, 0.25) is 0 Å². The van der Waals surface area contributed by atoms with Crippen LogP contribution in [-0.4, -0.2) is 13.7 Å². The normalized spacial score (nSPS) is 10.0. The maximum absolute atomic E-state index is 5.69. The third kappa shape index (κ3) is 9.15. The molecule has 0 aliphatic heterocycles. The molecular weight excluding hydrogens is 260 g/mol. The van der Waals surface area contributed by atoms with Crippen molar-refractivity contribution in [3.8, 4) is 17.6 Å². The molecule has 116 valence electrons. The van der Waals surface area contributed by atoms with E-state index in [9.17, 15) is 0 Å². The molecule has 1 aromatic rings. The minimum absolute atomic E-state index is 0.691. The van der Waals surface area contributed by atoms with Crippen molar-refractivity contribution in [3.63, 3.8) is 0 Å². The van der Waals surface area contributed by atoms with Gasteiger partial charge < -0.3 is 9.47 Å². The fourth-order valence-electron chi connectivity index (χ4n) is 2.07. The van der Waals surface area contributed by atoms with Crippen LogP contribution in [-0.2, 0) is 11.3 Å². The molecule has 1 rings (SSSR count). The predicted molar refractivity (Wildman–Crippen MR) is 88.4 cm³/mol. The van der Waals surface area contributed by atoms with Gasteiger partial charge in [0.2, 0.25) is 0 Å². The Morgan fingerprint density at radius 3 is 2.33 bits per heavy atom. The smallest absolute Gasteiger partial charge is 0.118 e. The molecule has 0 aromatic heterocycles. The topological polar surface area (TPSA) is 18.5 Å². The summed E-state index contributed by atoms with van der Waals surface area (Å²) in [5.41, 5.74) is 1.20. The summed E-state index contributed by atoms with van der Waals surface area (Å²) in [6, 6.07) is 8.05. The first kappa shape index (κ1) is 17.6. The van der Waals surface area contributed by atoms with Crippen molar-refractivity contribution in [2.45, 2.75) is 58.5 Å². The van der Waals surface area contributed by atoms with Gasteiger partial charge in [-0.2, -0.15) is 0 Å². The summed E-state index contributed by atoms with van der Waals surface area (Å²) >= 11 is 0. The second-order valence-electron chi connectivity index (χ2n) is 5.13. The molecule has 0 saturated carbocycles. The second kappa shape index (κ2) is 12.3. The lowest BCUT2D eigenvalue weighted by Gasteiger charge is -2.05. The summed E-state index contributed by atoms with van der Waals surface area (Å²) in [6.07, 6.45) is 8.25. The van der Waals surface area contributed by atoms with E-state index in [4.69, 9.17) is 9.47 Å². The van der Waals surface area contributed by atoms with Crippen LogP contribution in [0.4, 0.5) is 0 Å². The fourth-order valence-corrected chi connectivity index (χ4v) is 2.07. The Hall–Kier alpha value is -1.46. The minimum Gasteiger partial charge on any atom is -0.497 e. The molecule has 1 aromatic carbocycles. The van der Waals surface area contributed by atoms with Gasteiger partial charge in [-0.25, -0.2) is 0 Å². The fraction of sp³-hybridized carbons (Fsp3) is 0.579. The number of hydrogen-bond acceptors (Lipinski definition) is 2. The average molecular weight is 288 g/mol. The van der Waals surface area contributed by atoms with E-state index < -0.39 is 0 Å². The summed E-state index contributed by atoms with van der Waals surface area (Å²) in [5, 5.41) is 0. The first-order chi connectivity index (χ1) is 10.4. The number of unbranched alkanes of at least 4 members (excludes halogenated alkanes) is 5. The van der Waals surface area contributed by atoms with Gasteiger partial charge in [0, 0.05) is 19.4 Å². The summed E-state index contributed by atoms with van der Waals surface area (Å²) in [6.45, 7) is 3.64. The standard InChI is InChI=1S/C19H28O2/c1-3-4-5-6-7-8-9-10-11-16-21-17-18-12-14-19(20-2)15-13-18/h12-15H,3,6-11,16-17H2,1-2H3. The number of benzene rings is 1. The Kier molecular flexibility index (Phi) is 10.3. The predicted octanol–water partition coefficient (Wildman–Crippen LogP) is 4.97. The Bertz CT molecular complexity index is 411. The molecular formula is C19H28O2. The zero-order valence-corrected chi connectivity index (χ0v) is 13.5. The number of methoxy groups -OCH3 is 1. The highest BCUT2D eigenvalue weighted by molar-refractivity contribution is 5.26. The van der Waals surface area contributed by atoms with Gasteiger partial charge in [-0.3, -0.25) is 0 Å². The van der Waals surface area contributed by atoms with Crippen molar-refractivity contribution in [3.05, 3.63) is 29.8 Å². The van der Waals surface area contributed by atoms with E-state index in [2.05, 4.69) is 30.9 Å². The SMILES string of the molecule is CCC#CCCCCCCCOCc1ccc(OC)cc1. The summed E-state index contributed by atoms with van der Waals surface area (Å²) < 4.78 is 10.8. The molecule has 0 heterocycles. The van der Waals surface area contributed by atoms with Crippen molar-refractivity contribution in [1.29, 1.82) is 0 Å². The highest BCUT2D eigenvalue weighted by Gasteiger charge is 1.95. The monoisotopic (exact) mass is 288 g/mol. The van der Waals surface area contributed by atoms with E-state index >= 15 is 0 Å². The van der Waals surface area contributed by atoms with Crippen molar-refractivity contribution in [1.82, 2.24) is 0 Å². The molecule has 0 unspecified atom stereocenters. The van der Waals surface area contributed by atoms with Gasteiger partial charge in [0.25, 0.3) is 0 Å². The first-order valence-electron chi connectivity index (χ1n) is 8.03. The van der Waals surface area contributed by atoms with Crippen LogP contribution in [0.3, 0.4) is 0 Å². The average Bonchev–Trinajstić information content (AvgIpc) is 2.53. The van der Waals surface area contributed by atoms with Gasteiger partial charge in [0.05, 0.1) is 13.7 Å². The number of ether oxygens (including phenoxy) is 2. The molecule has 21 heavy (non-hydrogen) atoms. The Morgan fingerprint density at radius 2 is 1.62 bits per heavy atom. The van der Waals surface area contributed by atoms with Crippen LogP contribution in [0.1, 0.15) is 57.4 Å². The second-order valence-corrected chi connectivity index (χ2v) is 5.13. The molecule has 0 aliphatic carbocycles. The molecule has 2 nitrogen and oxygen atoms in total. The van der Waals surface area contributed by atoms with Crippen molar-refractivity contribution >= 4 is 0 Å². The summed E-state index contributed by atoms with van der Waals surface area (Å²) in [4.78, 5) is 0. The van der Waals surface area contributed by atoms with Crippen LogP contribution >= 0.6 is 0 Å². The third-order valence-corrected chi connectivity index (χ3v) is 3.32. The van der Waals surface area contributed by atoms with Crippen LogP contribution in [0.25, 0.3) is 0 Å². The van der Waals surface area contributed by atoms with Gasteiger partial charge in [0.15, 0.2) is 0 Å². The molecule has 0 fully saturated rings. The maximum Gasteiger partial charge on any atom is 0.118 e. The van der Waals surface area contributed by atoms with Gasteiger partial charge in [-0.1, -0.05) is 38.3 Å². The van der Waals surface area contributed by atoms with Gasteiger partial charge in [-0.15, -0.1) is 11.8 Å².